The smallest absolute Gasteiger partial charge is 0.423 e. The summed E-state index contributed by atoms with van der Waals surface area (Å²) in [4.78, 5) is 11.1. The van der Waals surface area contributed by atoms with Crippen LogP contribution in [0, 0.1) is 5.21 Å². The molecular formula is C10H7NO2. The summed E-state index contributed by atoms with van der Waals surface area (Å²) in [5.74, 6) is 0. The maximum Gasteiger partial charge on any atom is 0.423 e. The van der Waals surface area contributed by atoms with E-state index in [4.69, 9.17) is 0 Å². The number of nitrogens with zero attached hydrogens (tertiary/aromatic N) is 1. The third-order valence-electron chi connectivity index (χ3n) is 1.88. The van der Waals surface area contributed by atoms with Crippen LogP contribution in [-0.4, -0.2) is 0 Å². The van der Waals surface area contributed by atoms with E-state index in [2.05, 4.69) is 0 Å². The van der Waals surface area contributed by atoms with E-state index in [1.54, 1.807) is 12.1 Å². The summed E-state index contributed by atoms with van der Waals surface area (Å²) in [6, 6.07) is 10.3. The Balaban J connectivity index is 2.97. The number of hydrogen-bond donors (Lipinski definition) is 0. The Morgan fingerprint density at radius 3 is 2.54 bits per heavy atom. The molecule has 0 atom stereocenters. The summed E-state index contributed by atoms with van der Waals surface area (Å²) in [6.45, 7) is 0. The Kier molecular flexibility index (Phi) is 1.70. The van der Waals surface area contributed by atoms with Gasteiger partial charge >= 0.3 is 5.56 Å². The molecule has 0 amide bonds. The van der Waals surface area contributed by atoms with E-state index in [9.17, 15) is 10.0 Å². The van der Waals surface area contributed by atoms with Crippen molar-refractivity contribution in [2.45, 2.75) is 0 Å². The Labute approximate surface area is 74.5 Å². The summed E-state index contributed by atoms with van der Waals surface area (Å²) < 4.78 is 0.319. The van der Waals surface area contributed by atoms with Crippen molar-refractivity contribution >= 4 is 10.8 Å². The molecule has 0 saturated carbocycles. The summed E-state index contributed by atoms with van der Waals surface area (Å²) in [5, 5.41) is 12.6. The molecule has 0 radical (unpaired) electrons. The molecule has 3 heteroatoms. The van der Waals surface area contributed by atoms with E-state index in [1.807, 2.05) is 18.2 Å². The lowest BCUT2D eigenvalue weighted by molar-refractivity contribution is -0.619. The van der Waals surface area contributed by atoms with Crippen molar-refractivity contribution in [2.75, 3.05) is 0 Å². The predicted octanol–water partition coefficient (Wildman–Crippen LogP) is 0.833. The first-order chi connectivity index (χ1) is 6.27. The number of rotatable bonds is 0. The zero-order chi connectivity index (χ0) is 9.26. The average Bonchev–Trinajstić information content (AvgIpc) is 2.28. The standard InChI is InChI=1S/C10H7NO2/c12-10-7-9-4-2-1-3-8(9)5-6-11(10)13/h1-7H. The van der Waals surface area contributed by atoms with Crippen LogP contribution in [0.1, 0.15) is 0 Å². The van der Waals surface area contributed by atoms with Gasteiger partial charge in [0, 0.05) is 6.07 Å². The lowest BCUT2D eigenvalue weighted by Gasteiger charge is -1.85. The maximum absolute atomic E-state index is 11.1. The highest BCUT2D eigenvalue weighted by atomic mass is 16.5. The lowest BCUT2D eigenvalue weighted by Crippen LogP contribution is -2.41. The minimum atomic E-state index is -0.541. The second-order valence-electron chi connectivity index (χ2n) is 2.75. The van der Waals surface area contributed by atoms with Gasteiger partial charge in [0.2, 0.25) is 0 Å². The fraction of sp³-hybridized carbons (Fsp3) is 0. The van der Waals surface area contributed by atoms with Crippen molar-refractivity contribution < 1.29 is 4.73 Å². The van der Waals surface area contributed by atoms with E-state index in [-0.39, 0.29) is 0 Å². The molecule has 0 unspecified atom stereocenters. The largest absolute Gasteiger partial charge is 0.616 e. The molecule has 0 aliphatic heterocycles. The van der Waals surface area contributed by atoms with Crippen molar-refractivity contribution in [3.8, 4) is 0 Å². The van der Waals surface area contributed by atoms with Gasteiger partial charge in [-0.1, -0.05) is 24.3 Å². The van der Waals surface area contributed by atoms with E-state index in [0.717, 1.165) is 10.8 Å². The molecule has 2 rings (SSSR count). The zero-order valence-corrected chi connectivity index (χ0v) is 6.81. The molecule has 1 aromatic heterocycles. The van der Waals surface area contributed by atoms with Gasteiger partial charge in [0.1, 0.15) is 0 Å². The molecule has 2 aromatic rings. The van der Waals surface area contributed by atoms with E-state index >= 15 is 0 Å². The van der Waals surface area contributed by atoms with Gasteiger partial charge in [-0.05, 0) is 10.8 Å². The topological polar surface area (TPSA) is 44.0 Å². The van der Waals surface area contributed by atoms with E-state index in [1.165, 1.54) is 12.3 Å². The molecule has 64 valence electrons. The van der Waals surface area contributed by atoms with Gasteiger partial charge in [0.25, 0.3) is 0 Å². The monoisotopic (exact) mass is 173 g/mol. The molecule has 0 spiro atoms. The van der Waals surface area contributed by atoms with Gasteiger partial charge < -0.3 is 5.21 Å². The van der Waals surface area contributed by atoms with Gasteiger partial charge in [-0.2, -0.15) is 0 Å². The van der Waals surface area contributed by atoms with Crippen LogP contribution in [0.3, 0.4) is 0 Å². The SMILES string of the molecule is O=c1cc2ccccc2cc[n+]1[O-]. The van der Waals surface area contributed by atoms with Gasteiger partial charge in [0.05, 0.1) is 6.07 Å². The van der Waals surface area contributed by atoms with Crippen LogP contribution >= 0.6 is 0 Å². The lowest BCUT2D eigenvalue weighted by atomic mass is 10.2. The zero-order valence-electron chi connectivity index (χ0n) is 6.81. The van der Waals surface area contributed by atoms with Crippen LogP contribution in [0.15, 0.2) is 47.4 Å². The predicted molar refractivity (Wildman–Crippen MR) is 49.2 cm³/mol. The normalized spacial score (nSPS) is 10.2. The minimum Gasteiger partial charge on any atom is -0.616 e. The molecule has 13 heavy (non-hydrogen) atoms. The first-order valence-corrected chi connectivity index (χ1v) is 3.90. The van der Waals surface area contributed by atoms with E-state index in [0.29, 0.717) is 4.73 Å². The Bertz CT molecular complexity index is 508. The highest BCUT2D eigenvalue weighted by molar-refractivity contribution is 5.80. The summed E-state index contributed by atoms with van der Waals surface area (Å²) >= 11 is 0. The number of aromatic nitrogens is 1. The molecule has 0 bridgehead atoms. The first kappa shape index (κ1) is 7.73. The molecule has 0 saturated heterocycles. The second kappa shape index (κ2) is 2.86. The van der Waals surface area contributed by atoms with Gasteiger partial charge in [-0.25, -0.2) is 4.79 Å². The van der Waals surface area contributed by atoms with Crippen LogP contribution in [-0.2, 0) is 0 Å². The maximum atomic E-state index is 11.1. The van der Waals surface area contributed by atoms with Crippen molar-refractivity contribution in [3.63, 3.8) is 0 Å². The van der Waals surface area contributed by atoms with Gasteiger partial charge in [-0.3, -0.25) is 0 Å². The summed E-state index contributed by atoms with van der Waals surface area (Å²) in [6.07, 6.45) is 1.23. The highest BCUT2D eigenvalue weighted by Crippen LogP contribution is 2.07. The molecule has 0 fully saturated rings. The van der Waals surface area contributed by atoms with Crippen molar-refractivity contribution in [3.05, 3.63) is 58.2 Å². The number of fused-ring (bicyclic) bond motifs is 1. The van der Waals surface area contributed by atoms with Crippen molar-refractivity contribution in [1.29, 1.82) is 0 Å². The molecule has 1 aromatic carbocycles. The van der Waals surface area contributed by atoms with Gasteiger partial charge in [-0.15, -0.1) is 4.73 Å². The third kappa shape index (κ3) is 1.36. The summed E-state index contributed by atoms with van der Waals surface area (Å²) in [5.41, 5.74) is -0.541. The van der Waals surface area contributed by atoms with Crippen LogP contribution in [0.25, 0.3) is 10.8 Å². The van der Waals surface area contributed by atoms with Crippen LogP contribution in [0.4, 0.5) is 0 Å². The third-order valence-corrected chi connectivity index (χ3v) is 1.88. The molecule has 3 nitrogen and oxygen atoms in total. The molecule has 0 aliphatic rings. The molecule has 0 aliphatic carbocycles. The first-order valence-electron chi connectivity index (χ1n) is 3.90. The molecule has 1 heterocycles. The van der Waals surface area contributed by atoms with Crippen LogP contribution < -0.4 is 10.3 Å². The number of benzene rings is 1. The number of hydrogen-bond acceptors (Lipinski definition) is 2. The summed E-state index contributed by atoms with van der Waals surface area (Å²) in [7, 11) is 0. The highest BCUT2D eigenvalue weighted by Gasteiger charge is 1.96. The van der Waals surface area contributed by atoms with Crippen molar-refractivity contribution in [2.24, 2.45) is 0 Å². The molecule has 0 N–H and O–H groups in total. The minimum absolute atomic E-state index is 0.319. The van der Waals surface area contributed by atoms with E-state index < -0.39 is 5.56 Å². The van der Waals surface area contributed by atoms with Crippen molar-refractivity contribution in [1.82, 2.24) is 0 Å². The van der Waals surface area contributed by atoms with Crippen LogP contribution in [0.2, 0.25) is 0 Å². The Morgan fingerprint density at radius 2 is 1.77 bits per heavy atom. The fourth-order valence-corrected chi connectivity index (χ4v) is 1.21. The second-order valence-corrected chi connectivity index (χ2v) is 2.75. The molecular weight excluding hydrogens is 166 g/mol. The quantitative estimate of drug-likeness (QED) is 0.437. The average molecular weight is 173 g/mol. The Morgan fingerprint density at radius 1 is 1.08 bits per heavy atom. The fourth-order valence-electron chi connectivity index (χ4n) is 1.21. The van der Waals surface area contributed by atoms with Gasteiger partial charge in [0.15, 0.2) is 6.20 Å². The Hall–Kier alpha value is -1.90. The van der Waals surface area contributed by atoms with Crippen LogP contribution in [0.5, 0.6) is 0 Å².